The maximum Gasteiger partial charge on any atom is 0.318 e. The molecule has 34 heavy (non-hydrogen) atoms. The van der Waals surface area contributed by atoms with Gasteiger partial charge in [0.25, 0.3) is 0 Å². The van der Waals surface area contributed by atoms with Crippen LogP contribution < -0.4 is 10.6 Å². The summed E-state index contributed by atoms with van der Waals surface area (Å²) < 4.78 is 0. The Bertz CT molecular complexity index is 969. The van der Waals surface area contributed by atoms with Crippen LogP contribution in [-0.4, -0.2) is 53.1 Å². The molecular formula is C27H30N4O3. The van der Waals surface area contributed by atoms with E-state index in [0.29, 0.717) is 25.9 Å². The number of rotatable bonds is 6. The van der Waals surface area contributed by atoms with E-state index in [0.717, 1.165) is 24.0 Å². The molecule has 2 N–H and O–H groups in total. The fourth-order valence-corrected chi connectivity index (χ4v) is 4.36. The lowest BCUT2D eigenvalue weighted by Crippen LogP contribution is -2.54. The number of carbonyl (C=O) groups excluding carboxylic acids is 3. The number of nitrogens with one attached hydrogen (secondary N) is 2. The summed E-state index contributed by atoms with van der Waals surface area (Å²) in [5, 5.41) is 5.83. The summed E-state index contributed by atoms with van der Waals surface area (Å²) in [5.41, 5.74) is 1.90. The van der Waals surface area contributed by atoms with Gasteiger partial charge in [-0.1, -0.05) is 60.7 Å². The molecule has 2 aromatic carbocycles. The van der Waals surface area contributed by atoms with Crippen LogP contribution >= 0.6 is 0 Å². The van der Waals surface area contributed by atoms with Crippen molar-refractivity contribution in [2.24, 2.45) is 0 Å². The third-order valence-corrected chi connectivity index (χ3v) is 6.10. The normalized spacial score (nSPS) is 20.2. The van der Waals surface area contributed by atoms with E-state index in [1.165, 1.54) is 0 Å². The first-order chi connectivity index (χ1) is 16.6. The van der Waals surface area contributed by atoms with Crippen molar-refractivity contribution < 1.29 is 14.4 Å². The van der Waals surface area contributed by atoms with Gasteiger partial charge in [0.05, 0.1) is 0 Å². The van der Waals surface area contributed by atoms with Gasteiger partial charge in [-0.3, -0.25) is 9.59 Å². The smallest absolute Gasteiger partial charge is 0.318 e. The molecule has 7 heteroatoms. The van der Waals surface area contributed by atoms with E-state index in [4.69, 9.17) is 0 Å². The van der Waals surface area contributed by atoms with E-state index in [1.807, 2.05) is 60.7 Å². The quantitative estimate of drug-likeness (QED) is 0.649. The fraction of sp³-hybridized carbons (Fsp3) is 0.296. The molecule has 7 nitrogen and oxygen atoms in total. The van der Waals surface area contributed by atoms with Crippen LogP contribution in [0.25, 0.3) is 12.2 Å². The monoisotopic (exact) mass is 458 g/mol. The molecule has 0 radical (unpaired) electrons. The van der Waals surface area contributed by atoms with Crippen LogP contribution in [0.1, 0.15) is 36.8 Å². The summed E-state index contributed by atoms with van der Waals surface area (Å²) in [4.78, 5) is 41.5. The molecule has 2 fully saturated rings. The highest BCUT2D eigenvalue weighted by Crippen LogP contribution is 2.18. The summed E-state index contributed by atoms with van der Waals surface area (Å²) in [5.74, 6) is -0.259. The number of nitrogens with zero attached hydrogens (tertiary/aromatic N) is 2. The average molecular weight is 459 g/mol. The van der Waals surface area contributed by atoms with Gasteiger partial charge in [-0.2, -0.15) is 0 Å². The van der Waals surface area contributed by atoms with Crippen molar-refractivity contribution in [1.82, 2.24) is 20.4 Å². The molecule has 2 atom stereocenters. The van der Waals surface area contributed by atoms with E-state index in [9.17, 15) is 14.4 Å². The number of benzene rings is 2. The van der Waals surface area contributed by atoms with Gasteiger partial charge in [0.15, 0.2) is 0 Å². The highest BCUT2D eigenvalue weighted by atomic mass is 16.2. The van der Waals surface area contributed by atoms with Gasteiger partial charge in [-0.15, -0.1) is 0 Å². The third-order valence-electron chi connectivity index (χ3n) is 6.10. The zero-order valence-electron chi connectivity index (χ0n) is 19.1. The molecule has 0 spiro atoms. The van der Waals surface area contributed by atoms with Crippen LogP contribution in [0.15, 0.2) is 72.8 Å². The first-order valence-corrected chi connectivity index (χ1v) is 11.7. The van der Waals surface area contributed by atoms with Gasteiger partial charge >= 0.3 is 6.03 Å². The average Bonchev–Trinajstić information content (AvgIpc) is 3.52. The molecule has 0 aliphatic carbocycles. The number of likely N-dealkylation sites (tertiary alicyclic amines) is 2. The Hall–Kier alpha value is -3.87. The topological polar surface area (TPSA) is 81.8 Å². The lowest BCUT2D eigenvalue weighted by atomic mass is 10.2. The lowest BCUT2D eigenvalue weighted by molar-refractivity contribution is -0.127. The summed E-state index contributed by atoms with van der Waals surface area (Å²) >= 11 is 0. The van der Waals surface area contributed by atoms with Gasteiger partial charge in [0.2, 0.25) is 11.8 Å². The van der Waals surface area contributed by atoms with Gasteiger partial charge in [0, 0.05) is 25.2 Å². The van der Waals surface area contributed by atoms with Gasteiger partial charge in [0.1, 0.15) is 12.3 Å². The second-order valence-electron chi connectivity index (χ2n) is 8.49. The van der Waals surface area contributed by atoms with Gasteiger partial charge < -0.3 is 20.4 Å². The SMILES string of the molecule is O=C(N[C@H]1CCCN1C(=O)/C=C\c1ccccc1)N[C@@H]1CCCN1C(=O)/C=C\c1ccccc1. The van der Waals surface area contributed by atoms with Crippen molar-refractivity contribution in [3.63, 3.8) is 0 Å². The van der Waals surface area contributed by atoms with E-state index in [1.54, 1.807) is 34.1 Å². The van der Waals surface area contributed by atoms with E-state index < -0.39 is 0 Å². The zero-order valence-corrected chi connectivity index (χ0v) is 19.1. The molecule has 2 heterocycles. The molecule has 2 aromatic rings. The Morgan fingerprint density at radius 1 is 0.676 bits per heavy atom. The van der Waals surface area contributed by atoms with Crippen molar-refractivity contribution in [3.8, 4) is 0 Å². The molecule has 4 amide bonds. The number of hydrogen-bond donors (Lipinski definition) is 2. The summed E-state index contributed by atoms with van der Waals surface area (Å²) in [7, 11) is 0. The minimum absolute atomic E-state index is 0.129. The van der Waals surface area contributed by atoms with Crippen molar-refractivity contribution in [1.29, 1.82) is 0 Å². The Morgan fingerprint density at radius 2 is 1.09 bits per heavy atom. The molecule has 4 rings (SSSR count). The van der Waals surface area contributed by atoms with Crippen molar-refractivity contribution in [2.75, 3.05) is 13.1 Å². The molecule has 0 unspecified atom stereocenters. The van der Waals surface area contributed by atoms with E-state index in [2.05, 4.69) is 10.6 Å². The van der Waals surface area contributed by atoms with Crippen molar-refractivity contribution in [2.45, 2.75) is 38.0 Å². The van der Waals surface area contributed by atoms with Crippen molar-refractivity contribution >= 4 is 30.0 Å². The molecular weight excluding hydrogens is 428 g/mol. The minimum Gasteiger partial charge on any atom is -0.319 e. The Balaban J connectivity index is 1.30. The van der Waals surface area contributed by atoms with Gasteiger partial charge in [-0.25, -0.2) is 4.79 Å². The molecule has 2 saturated heterocycles. The number of urea groups is 1. The standard InChI is InChI=1S/C27H30N4O3/c32-25(17-15-21-9-3-1-4-10-21)30-19-7-13-23(30)28-27(34)29-24-14-8-20-31(24)26(33)18-16-22-11-5-2-6-12-22/h1-6,9-12,15-18,23-24H,7-8,13-14,19-20H2,(H2,28,29,34)/b17-15-,18-16-/t23-,24+. The first kappa shape index (κ1) is 23.3. The second-order valence-corrected chi connectivity index (χ2v) is 8.49. The van der Waals surface area contributed by atoms with Gasteiger partial charge in [-0.05, 0) is 49.0 Å². The summed E-state index contributed by atoms with van der Waals surface area (Å²) in [6.45, 7) is 1.20. The zero-order chi connectivity index (χ0) is 23.8. The maximum absolute atomic E-state index is 12.7. The summed E-state index contributed by atoms with van der Waals surface area (Å²) in [6, 6.07) is 18.9. The largest absolute Gasteiger partial charge is 0.319 e. The maximum atomic E-state index is 12.7. The lowest BCUT2D eigenvalue weighted by Gasteiger charge is -2.28. The van der Waals surface area contributed by atoms with E-state index >= 15 is 0 Å². The predicted octanol–water partition coefficient (Wildman–Crippen LogP) is 3.61. The number of hydrogen-bond acceptors (Lipinski definition) is 3. The predicted molar refractivity (Wildman–Crippen MR) is 132 cm³/mol. The molecule has 2 aliphatic rings. The molecule has 0 bridgehead atoms. The third kappa shape index (κ3) is 6.13. The van der Waals surface area contributed by atoms with Crippen LogP contribution in [0.3, 0.4) is 0 Å². The van der Waals surface area contributed by atoms with Crippen LogP contribution in [-0.2, 0) is 9.59 Å². The molecule has 2 aliphatic heterocycles. The Kier molecular flexibility index (Phi) is 7.75. The molecule has 0 aromatic heterocycles. The molecule has 0 saturated carbocycles. The number of amides is 4. The Morgan fingerprint density at radius 3 is 1.50 bits per heavy atom. The fourth-order valence-electron chi connectivity index (χ4n) is 4.36. The Labute approximate surface area is 200 Å². The highest BCUT2D eigenvalue weighted by Gasteiger charge is 2.32. The summed E-state index contributed by atoms with van der Waals surface area (Å²) in [6.07, 6.45) is 8.98. The molecule has 176 valence electrons. The number of carbonyl (C=O) groups is 3. The van der Waals surface area contributed by atoms with Crippen LogP contribution in [0.4, 0.5) is 4.79 Å². The van der Waals surface area contributed by atoms with Crippen LogP contribution in [0.5, 0.6) is 0 Å². The minimum atomic E-state index is -0.367. The van der Waals surface area contributed by atoms with Crippen molar-refractivity contribution in [3.05, 3.63) is 83.9 Å². The van der Waals surface area contributed by atoms with E-state index in [-0.39, 0.29) is 30.2 Å². The van der Waals surface area contributed by atoms with Crippen LogP contribution in [0, 0.1) is 0 Å². The highest BCUT2D eigenvalue weighted by molar-refractivity contribution is 5.93. The second kappa shape index (κ2) is 11.3. The van der Waals surface area contributed by atoms with Crippen LogP contribution in [0.2, 0.25) is 0 Å². The first-order valence-electron chi connectivity index (χ1n) is 11.7.